The Hall–Kier alpha value is -1.19. The summed E-state index contributed by atoms with van der Waals surface area (Å²) in [7, 11) is 0. The van der Waals surface area contributed by atoms with E-state index in [1.165, 1.54) is 6.33 Å². The van der Waals surface area contributed by atoms with E-state index < -0.39 is 0 Å². The monoisotopic (exact) mass is 153 g/mol. The lowest BCUT2D eigenvalue weighted by atomic mass is 10.1. The molecule has 0 aromatic carbocycles. The van der Waals surface area contributed by atoms with Gasteiger partial charge in [-0.25, -0.2) is 4.98 Å². The number of nitrogens with zero attached hydrogens (tertiary/aromatic N) is 3. The van der Waals surface area contributed by atoms with E-state index in [-0.39, 0.29) is 11.7 Å². The molecule has 0 aliphatic carbocycles. The van der Waals surface area contributed by atoms with Gasteiger partial charge < -0.3 is 0 Å². The predicted molar refractivity (Wildman–Crippen MR) is 39.9 cm³/mol. The van der Waals surface area contributed by atoms with Crippen molar-refractivity contribution < 1.29 is 4.79 Å². The van der Waals surface area contributed by atoms with Crippen LogP contribution < -0.4 is 0 Å². The van der Waals surface area contributed by atoms with Crippen molar-refractivity contribution in [1.82, 2.24) is 14.8 Å². The largest absolute Gasteiger partial charge is 0.300 e. The highest BCUT2D eigenvalue weighted by molar-refractivity contribution is 5.77. The van der Waals surface area contributed by atoms with Crippen LogP contribution in [0.1, 0.15) is 13.8 Å². The van der Waals surface area contributed by atoms with E-state index in [0.717, 1.165) is 0 Å². The first-order valence-electron chi connectivity index (χ1n) is 3.53. The fraction of sp³-hybridized carbons (Fsp3) is 0.571. The first-order valence-corrected chi connectivity index (χ1v) is 3.53. The molecular weight excluding hydrogens is 142 g/mol. The smallest absolute Gasteiger partial charge is 0.137 e. The second kappa shape index (κ2) is 3.27. The molecule has 1 unspecified atom stereocenters. The number of ketones is 1. The lowest BCUT2D eigenvalue weighted by Crippen LogP contribution is -2.14. The Balaban J connectivity index is 2.50. The maximum atomic E-state index is 10.8. The molecule has 1 aromatic rings. The van der Waals surface area contributed by atoms with Crippen molar-refractivity contribution in [1.29, 1.82) is 0 Å². The zero-order valence-electron chi connectivity index (χ0n) is 6.69. The van der Waals surface area contributed by atoms with Gasteiger partial charge in [0.1, 0.15) is 18.4 Å². The molecule has 0 aliphatic heterocycles. The summed E-state index contributed by atoms with van der Waals surface area (Å²) in [6.45, 7) is 4.08. The summed E-state index contributed by atoms with van der Waals surface area (Å²) in [5, 5.41) is 3.89. The van der Waals surface area contributed by atoms with Crippen molar-refractivity contribution in [3.63, 3.8) is 0 Å². The minimum atomic E-state index is 0.0247. The Labute approximate surface area is 65.2 Å². The molecule has 0 fully saturated rings. The van der Waals surface area contributed by atoms with E-state index in [0.29, 0.717) is 6.54 Å². The van der Waals surface area contributed by atoms with E-state index in [2.05, 4.69) is 10.1 Å². The van der Waals surface area contributed by atoms with Gasteiger partial charge in [0.15, 0.2) is 0 Å². The van der Waals surface area contributed by atoms with Crippen LogP contribution in [0.15, 0.2) is 12.7 Å². The topological polar surface area (TPSA) is 47.8 Å². The second-order valence-electron chi connectivity index (χ2n) is 2.63. The van der Waals surface area contributed by atoms with Crippen LogP contribution in [-0.2, 0) is 11.3 Å². The number of hydrogen-bond donors (Lipinski definition) is 0. The molecule has 0 amide bonds. The Morgan fingerprint density at radius 1 is 1.73 bits per heavy atom. The minimum Gasteiger partial charge on any atom is -0.300 e. The van der Waals surface area contributed by atoms with Crippen molar-refractivity contribution in [2.24, 2.45) is 5.92 Å². The van der Waals surface area contributed by atoms with Crippen molar-refractivity contribution >= 4 is 5.78 Å². The maximum absolute atomic E-state index is 10.8. The highest BCUT2D eigenvalue weighted by atomic mass is 16.1. The Kier molecular flexibility index (Phi) is 2.36. The molecule has 1 rings (SSSR count). The summed E-state index contributed by atoms with van der Waals surface area (Å²) in [6, 6.07) is 0. The van der Waals surface area contributed by atoms with Gasteiger partial charge in [0, 0.05) is 5.92 Å². The quantitative estimate of drug-likeness (QED) is 0.635. The predicted octanol–water partition coefficient (Wildman–Crippen LogP) is 0.503. The normalized spacial score (nSPS) is 12.9. The van der Waals surface area contributed by atoms with Crippen LogP contribution >= 0.6 is 0 Å². The van der Waals surface area contributed by atoms with Gasteiger partial charge in [0.2, 0.25) is 0 Å². The fourth-order valence-electron chi connectivity index (χ4n) is 0.736. The first kappa shape index (κ1) is 7.91. The minimum absolute atomic E-state index is 0.0247. The lowest BCUT2D eigenvalue weighted by Gasteiger charge is -2.05. The highest BCUT2D eigenvalue weighted by Gasteiger charge is 2.07. The van der Waals surface area contributed by atoms with E-state index in [4.69, 9.17) is 0 Å². The van der Waals surface area contributed by atoms with Gasteiger partial charge in [-0.3, -0.25) is 9.48 Å². The fourth-order valence-corrected chi connectivity index (χ4v) is 0.736. The Bertz CT molecular complexity index is 230. The molecule has 1 atom stereocenters. The molecule has 0 saturated heterocycles. The molecule has 1 aromatic heterocycles. The zero-order chi connectivity index (χ0) is 8.27. The van der Waals surface area contributed by atoms with Gasteiger partial charge in [0.25, 0.3) is 0 Å². The average Bonchev–Trinajstić information content (AvgIpc) is 2.39. The number of carbonyl (C=O) groups is 1. The van der Waals surface area contributed by atoms with Crippen LogP contribution in [0, 0.1) is 5.92 Å². The lowest BCUT2D eigenvalue weighted by molar-refractivity contribution is -0.120. The van der Waals surface area contributed by atoms with Crippen LogP contribution in [0.2, 0.25) is 0 Å². The third-order valence-corrected chi connectivity index (χ3v) is 1.62. The van der Waals surface area contributed by atoms with Gasteiger partial charge in [-0.1, -0.05) is 6.92 Å². The van der Waals surface area contributed by atoms with Crippen molar-refractivity contribution in [3.05, 3.63) is 12.7 Å². The van der Waals surface area contributed by atoms with Crippen LogP contribution in [0.3, 0.4) is 0 Å². The second-order valence-corrected chi connectivity index (χ2v) is 2.63. The number of Topliss-reactive ketones (excluding diaryl/α,β-unsaturated/α-hetero) is 1. The number of hydrogen-bond acceptors (Lipinski definition) is 3. The van der Waals surface area contributed by atoms with E-state index >= 15 is 0 Å². The number of rotatable bonds is 3. The summed E-state index contributed by atoms with van der Waals surface area (Å²) >= 11 is 0. The van der Waals surface area contributed by atoms with E-state index in [9.17, 15) is 4.79 Å². The summed E-state index contributed by atoms with van der Waals surface area (Å²) in [5.74, 6) is 0.206. The average molecular weight is 153 g/mol. The zero-order valence-corrected chi connectivity index (χ0v) is 6.69. The number of carbonyl (C=O) groups excluding carboxylic acids is 1. The molecule has 4 nitrogen and oxygen atoms in total. The highest BCUT2D eigenvalue weighted by Crippen LogP contribution is 1.98. The van der Waals surface area contributed by atoms with Gasteiger partial charge >= 0.3 is 0 Å². The van der Waals surface area contributed by atoms with Gasteiger partial charge in [-0.2, -0.15) is 5.10 Å². The molecule has 0 spiro atoms. The van der Waals surface area contributed by atoms with Crippen LogP contribution in [-0.4, -0.2) is 20.5 Å². The molecule has 0 radical (unpaired) electrons. The standard InChI is InChI=1S/C7H11N3O/c1-6(7(2)11)3-10-5-8-4-9-10/h4-6H,3H2,1-2H3. The van der Waals surface area contributed by atoms with Gasteiger partial charge in [0.05, 0.1) is 6.54 Å². The molecule has 11 heavy (non-hydrogen) atoms. The molecule has 0 bridgehead atoms. The number of aromatic nitrogens is 3. The summed E-state index contributed by atoms with van der Waals surface area (Å²) in [4.78, 5) is 14.6. The third kappa shape index (κ3) is 2.14. The SMILES string of the molecule is CC(=O)C(C)Cn1cncn1. The van der Waals surface area contributed by atoms with Gasteiger partial charge in [-0.15, -0.1) is 0 Å². The van der Waals surface area contributed by atoms with Crippen LogP contribution in [0.5, 0.6) is 0 Å². The van der Waals surface area contributed by atoms with E-state index in [1.54, 1.807) is 17.9 Å². The van der Waals surface area contributed by atoms with Crippen LogP contribution in [0.4, 0.5) is 0 Å². The van der Waals surface area contributed by atoms with Crippen molar-refractivity contribution in [3.8, 4) is 0 Å². The Morgan fingerprint density at radius 2 is 2.45 bits per heavy atom. The van der Waals surface area contributed by atoms with Gasteiger partial charge in [-0.05, 0) is 6.92 Å². The molecule has 0 aliphatic rings. The van der Waals surface area contributed by atoms with Crippen molar-refractivity contribution in [2.75, 3.05) is 0 Å². The van der Waals surface area contributed by atoms with Crippen molar-refractivity contribution in [2.45, 2.75) is 20.4 Å². The van der Waals surface area contributed by atoms with E-state index in [1.807, 2.05) is 6.92 Å². The molecule has 60 valence electrons. The molecule has 1 heterocycles. The third-order valence-electron chi connectivity index (χ3n) is 1.62. The summed E-state index contributed by atoms with van der Waals surface area (Å²) in [5.41, 5.74) is 0. The molecule has 0 saturated carbocycles. The first-order chi connectivity index (χ1) is 5.20. The molecular formula is C7H11N3O. The molecule has 4 heteroatoms. The summed E-state index contributed by atoms with van der Waals surface area (Å²) in [6.07, 6.45) is 3.08. The summed E-state index contributed by atoms with van der Waals surface area (Å²) < 4.78 is 1.66. The maximum Gasteiger partial charge on any atom is 0.137 e. The Morgan fingerprint density at radius 3 is 2.91 bits per heavy atom. The van der Waals surface area contributed by atoms with Crippen LogP contribution in [0.25, 0.3) is 0 Å². The molecule has 0 N–H and O–H groups in total.